The van der Waals surface area contributed by atoms with Gasteiger partial charge >= 0.3 is 6.18 Å². The largest absolute Gasteiger partial charge is 0.416 e. The van der Waals surface area contributed by atoms with Crippen molar-refractivity contribution in [3.63, 3.8) is 0 Å². The molecule has 218 valence electrons. The molecule has 0 radical (unpaired) electrons. The number of hydrogen-bond donors (Lipinski definition) is 3. The van der Waals surface area contributed by atoms with Crippen LogP contribution < -0.4 is 10.8 Å². The topological polar surface area (TPSA) is 109 Å². The van der Waals surface area contributed by atoms with Crippen molar-refractivity contribution in [1.29, 1.82) is 0 Å². The Kier molecular flexibility index (Phi) is 9.93. The first-order valence-corrected chi connectivity index (χ1v) is 13.5. The van der Waals surface area contributed by atoms with E-state index in [1.807, 2.05) is 6.92 Å². The molecule has 2 heterocycles. The molecule has 8 nitrogen and oxygen atoms in total. The summed E-state index contributed by atoms with van der Waals surface area (Å²) in [7, 11) is 0. The molecule has 0 aliphatic rings. The van der Waals surface area contributed by atoms with Gasteiger partial charge in [0.2, 0.25) is 5.91 Å². The molecule has 11 heteroatoms. The summed E-state index contributed by atoms with van der Waals surface area (Å²) in [5.41, 5.74) is 3.91. The van der Waals surface area contributed by atoms with Gasteiger partial charge in [-0.2, -0.15) is 18.3 Å². The second-order valence-corrected chi connectivity index (χ2v) is 9.84. The molecule has 0 atom stereocenters. The standard InChI is InChI=1S/C31H30F3N5O3/c1-21-11-12-24(18-23(21)14-16-26-20-35-28-9-7-17-36-39(26)28)30(41)37-25-15-13-22(27(19-25)31(32,33)34)8-5-3-2-4-6-10-29(40)38-42/h7,9,11-13,15,17-20,42H,2-6,8,10H2,1H3,(H,37,41)(H,38,40). The molecule has 0 saturated carbocycles. The van der Waals surface area contributed by atoms with Crippen molar-refractivity contribution in [2.24, 2.45) is 0 Å². The Morgan fingerprint density at radius 2 is 1.79 bits per heavy atom. The van der Waals surface area contributed by atoms with E-state index in [1.165, 1.54) is 12.1 Å². The fraction of sp³-hybridized carbons (Fsp3) is 0.290. The van der Waals surface area contributed by atoms with Crippen LogP contribution in [0.1, 0.15) is 76.8 Å². The number of amides is 2. The van der Waals surface area contributed by atoms with Crippen LogP contribution in [-0.2, 0) is 17.4 Å². The molecule has 4 rings (SSSR count). The van der Waals surface area contributed by atoms with Crippen LogP contribution in [-0.4, -0.2) is 31.6 Å². The van der Waals surface area contributed by atoms with Gasteiger partial charge in [-0.3, -0.25) is 14.8 Å². The van der Waals surface area contributed by atoms with Crippen molar-refractivity contribution in [2.75, 3.05) is 5.32 Å². The van der Waals surface area contributed by atoms with Gasteiger partial charge in [-0.25, -0.2) is 15.0 Å². The van der Waals surface area contributed by atoms with Gasteiger partial charge in [0.05, 0.1) is 11.8 Å². The molecule has 4 aromatic rings. The van der Waals surface area contributed by atoms with E-state index in [-0.39, 0.29) is 29.7 Å². The lowest BCUT2D eigenvalue weighted by molar-refractivity contribution is -0.138. The van der Waals surface area contributed by atoms with Crippen LogP contribution in [0.3, 0.4) is 0 Å². The van der Waals surface area contributed by atoms with Crippen LogP contribution in [0.25, 0.3) is 5.65 Å². The van der Waals surface area contributed by atoms with Crippen molar-refractivity contribution in [2.45, 2.75) is 58.0 Å². The van der Waals surface area contributed by atoms with Gasteiger partial charge in [-0.15, -0.1) is 0 Å². The third-order valence-electron chi connectivity index (χ3n) is 6.75. The molecule has 0 bridgehead atoms. The fourth-order valence-corrected chi connectivity index (χ4v) is 4.47. The second-order valence-electron chi connectivity index (χ2n) is 9.84. The summed E-state index contributed by atoms with van der Waals surface area (Å²) < 4.78 is 43.2. The normalized spacial score (nSPS) is 11.2. The number of aromatic nitrogens is 3. The number of fused-ring (bicyclic) bond motifs is 1. The van der Waals surface area contributed by atoms with Crippen molar-refractivity contribution in [3.8, 4) is 11.8 Å². The molecular formula is C31H30F3N5O3. The number of aryl methyl sites for hydroxylation is 2. The molecule has 2 amide bonds. The highest BCUT2D eigenvalue weighted by atomic mass is 19.4. The first-order chi connectivity index (χ1) is 20.2. The van der Waals surface area contributed by atoms with Crippen molar-refractivity contribution in [3.05, 3.63) is 94.4 Å². The highest BCUT2D eigenvalue weighted by molar-refractivity contribution is 6.04. The third kappa shape index (κ3) is 7.95. The van der Waals surface area contributed by atoms with E-state index in [1.54, 1.807) is 52.7 Å². The zero-order valence-electron chi connectivity index (χ0n) is 23.0. The van der Waals surface area contributed by atoms with Crippen molar-refractivity contribution in [1.82, 2.24) is 20.1 Å². The van der Waals surface area contributed by atoms with Crippen LogP contribution >= 0.6 is 0 Å². The smallest absolute Gasteiger partial charge is 0.322 e. The molecular weight excluding hydrogens is 547 g/mol. The number of hydroxylamine groups is 1. The number of rotatable bonds is 10. The summed E-state index contributed by atoms with van der Waals surface area (Å²) in [6, 6.07) is 12.3. The van der Waals surface area contributed by atoms with Gasteiger partial charge in [0.15, 0.2) is 5.65 Å². The number of halogens is 3. The lowest BCUT2D eigenvalue weighted by atomic mass is 9.99. The SMILES string of the molecule is Cc1ccc(C(=O)Nc2ccc(CCCCCCCC(=O)NO)c(C(F)(F)F)c2)cc1C#Cc1cnc2cccnn12. The molecule has 0 unspecified atom stereocenters. The number of benzene rings is 2. The summed E-state index contributed by atoms with van der Waals surface area (Å²) in [5, 5.41) is 15.3. The van der Waals surface area contributed by atoms with E-state index in [2.05, 4.69) is 27.2 Å². The number of nitrogens with one attached hydrogen (secondary N) is 2. The number of hydrogen-bond acceptors (Lipinski definition) is 5. The Morgan fingerprint density at radius 1 is 1.00 bits per heavy atom. The van der Waals surface area contributed by atoms with Gasteiger partial charge in [0.1, 0.15) is 5.69 Å². The number of nitrogens with zero attached hydrogens (tertiary/aromatic N) is 3. The minimum Gasteiger partial charge on any atom is -0.322 e. The summed E-state index contributed by atoms with van der Waals surface area (Å²) >= 11 is 0. The molecule has 0 saturated heterocycles. The Hall–Kier alpha value is -4.69. The highest BCUT2D eigenvalue weighted by Crippen LogP contribution is 2.35. The number of carbonyl (C=O) groups excluding carboxylic acids is 2. The number of unbranched alkanes of at least 4 members (excludes halogenated alkanes) is 4. The quantitative estimate of drug-likeness (QED) is 0.0914. The number of alkyl halides is 3. The van der Waals surface area contributed by atoms with Crippen LogP contribution in [0.4, 0.5) is 18.9 Å². The molecule has 0 fully saturated rings. The summed E-state index contributed by atoms with van der Waals surface area (Å²) in [5.74, 6) is 5.05. The van der Waals surface area contributed by atoms with Crippen LogP contribution in [0.2, 0.25) is 0 Å². The summed E-state index contributed by atoms with van der Waals surface area (Å²) in [4.78, 5) is 28.3. The van der Waals surface area contributed by atoms with E-state index >= 15 is 0 Å². The zero-order valence-corrected chi connectivity index (χ0v) is 23.0. The average Bonchev–Trinajstić information content (AvgIpc) is 3.39. The Morgan fingerprint density at radius 3 is 2.57 bits per heavy atom. The maximum atomic E-state index is 13.9. The van der Waals surface area contributed by atoms with E-state index < -0.39 is 23.6 Å². The average molecular weight is 578 g/mol. The molecule has 3 N–H and O–H groups in total. The predicted octanol–water partition coefficient (Wildman–Crippen LogP) is 6.10. The molecule has 0 spiro atoms. The second kappa shape index (κ2) is 13.8. The Balaban J connectivity index is 1.42. The minimum absolute atomic E-state index is 0.0447. The first-order valence-electron chi connectivity index (χ1n) is 13.5. The number of carbonyl (C=O) groups is 2. The lowest BCUT2D eigenvalue weighted by Gasteiger charge is -2.15. The van der Waals surface area contributed by atoms with Gasteiger partial charge in [-0.05, 0) is 79.6 Å². The monoisotopic (exact) mass is 577 g/mol. The highest BCUT2D eigenvalue weighted by Gasteiger charge is 2.33. The maximum Gasteiger partial charge on any atom is 0.416 e. The third-order valence-corrected chi connectivity index (χ3v) is 6.75. The predicted molar refractivity (Wildman–Crippen MR) is 151 cm³/mol. The van der Waals surface area contributed by atoms with E-state index in [0.717, 1.165) is 24.5 Å². The Bertz CT molecular complexity index is 1640. The molecule has 2 aromatic carbocycles. The Labute approximate surface area is 240 Å². The maximum absolute atomic E-state index is 13.9. The molecule has 0 aliphatic carbocycles. The van der Waals surface area contributed by atoms with Crippen molar-refractivity contribution >= 4 is 23.1 Å². The van der Waals surface area contributed by atoms with Gasteiger partial charge in [-0.1, -0.05) is 37.3 Å². The van der Waals surface area contributed by atoms with E-state index in [0.29, 0.717) is 36.2 Å². The van der Waals surface area contributed by atoms with Gasteiger partial charge in [0.25, 0.3) is 5.91 Å². The van der Waals surface area contributed by atoms with Crippen molar-refractivity contribution < 1.29 is 28.0 Å². The van der Waals surface area contributed by atoms with Crippen LogP contribution in [0.15, 0.2) is 60.9 Å². The van der Waals surface area contributed by atoms with Crippen LogP contribution in [0.5, 0.6) is 0 Å². The molecule has 2 aromatic heterocycles. The first kappa shape index (κ1) is 30.3. The molecule has 42 heavy (non-hydrogen) atoms. The summed E-state index contributed by atoms with van der Waals surface area (Å²) in [6.07, 6.45) is 2.48. The molecule has 0 aliphatic heterocycles. The number of anilines is 1. The summed E-state index contributed by atoms with van der Waals surface area (Å²) in [6.45, 7) is 1.85. The van der Waals surface area contributed by atoms with Gasteiger partial charge < -0.3 is 5.32 Å². The van der Waals surface area contributed by atoms with E-state index in [9.17, 15) is 22.8 Å². The lowest BCUT2D eigenvalue weighted by Crippen LogP contribution is -2.17. The van der Waals surface area contributed by atoms with Crippen LogP contribution in [0, 0.1) is 18.8 Å². The van der Waals surface area contributed by atoms with E-state index in [4.69, 9.17) is 5.21 Å². The minimum atomic E-state index is -4.58. The fourth-order valence-electron chi connectivity index (χ4n) is 4.47. The zero-order chi connectivity index (χ0) is 30.1. The number of imidazole rings is 1. The van der Waals surface area contributed by atoms with Gasteiger partial charge in [0, 0.05) is 29.4 Å².